The summed E-state index contributed by atoms with van der Waals surface area (Å²) in [7, 11) is 0. The second-order valence-corrected chi connectivity index (χ2v) is 13.6. The molecule has 252 valence electrons. The van der Waals surface area contributed by atoms with Crippen molar-refractivity contribution < 1.29 is 0 Å². The molecule has 5 nitrogen and oxygen atoms in total. The molecule has 11 rings (SSSR count). The predicted molar refractivity (Wildman–Crippen MR) is 222 cm³/mol. The number of benzene rings is 8. The highest BCUT2D eigenvalue weighted by atomic mass is 15.0. The lowest BCUT2D eigenvalue weighted by atomic mass is 10.0. The molecule has 0 spiro atoms. The van der Waals surface area contributed by atoms with Gasteiger partial charge in [-0.05, 0) is 47.9 Å². The van der Waals surface area contributed by atoms with Crippen molar-refractivity contribution in [3.8, 4) is 45.5 Å². The summed E-state index contributed by atoms with van der Waals surface area (Å²) in [6.45, 7) is 0. The molecule has 0 saturated carbocycles. The number of rotatable bonds is 5. The maximum atomic E-state index is 5.05. The SMILES string of the molecule is c1ccc(-c2nc(-c3ccccc3)nc(-c3cccc(-n4c5ccccc5c5ccc6c(ccc7c6c6ccccc6n7-c6ccccc6)c54)c3)n2)cc1. The molecule has 5 heteroatoms. The predicted octanol–water partition coefficient (Wildman–Crippen LogP) is 12.2. The third-order valence-corrected chi connectivity index (χ3v) is 10.5. The zero-order valence-corrected chi connectivity index (χ0v) is 29.1. The van der Waals surface area contributed by atoms with E-state index < -0.39 is 0 Å². The summed E-state index contributed by atoms with van der Waals surface area (Å²) in [4.78, 5) is 15.0. The molecule has 0 aliphatic carbocycles. The Morgan fingerprint density at radius 3 is 1.46 bits per heavy atom. The van der Waals surface area contributed by atoms with Gasteiger partial charge in [0.05, 0.1) is 22.1 Å². The van der Waals surface area contributed by atoms with Gasteiger partial charge in [0.2, 0.25) is 0 Å². The van der Waals surface area contributed by atoms with Gasteiger partial charge in [0.25, 0.3) is 0 Å². The standard InChI is InChI=1S/C49H31N5/c1-4-15-32(16-5-1)47-50-48(33-17-6-2-7-18-33)52-49(51-47)34-19-14-22-36(31-34)54-42-25-12-10-23-37(42)39-28-27-38-40(46(39)54)29-30-44-45(38)41-24-11-13-26-43(41)53(44)35-20-8-3-9-21-35/h1-31H. The van der Waals surface area contributed by atoms with Crippen molar-refractivity contribution in [2.75, 3.05) is 0 Å². The molecule has 0 atom stereocenters. The molecule has 0 aliphatic heterocycles. The molecule has 0 aliphatic rings. The summed E-state index contributed by atoms with van der Waals surface area (Å²) >= 11 is 0. The zero-order chi connectivity index (χ0) is 35.6. The van der Waals surface area contributed by atoms with Gasteiger partial charge in [0.1, 0.15) is 0 Å². The molecule has 0 unspecified atom stereocenters. The van der Waals surface area contributed by atoms with Crippen molar-refractivity contribution in [2.45, 2.75) is 0 Å². The molecule has 0 radical (unpaired) electrons. The van der Waals surface area contributed by atoms with E-state index in [-0.39, 0.29) is 0 Å². The monoisotopic (exact) mass is 689 g/mol. The Kier molecular flexibility index (Phi) is 6.79. The lowest BCUT2D eigenvalue weighted by Crippen LogP contribution is -2.01. The number of fused-ring (bicyclic) bond motifs is 9. The molecule has 54 heavy (non-hydrogen) atoms. The van der Waals surface area contributed by atoms with Gasteiger partial charge in [-0.1, -0.05) is 146 Å². The molecule has 0 N–H and O–H groups in total. The lowest BCUT2D eigenvalue weighted by Gasteiger charge is -2.13. The third kappa shape index (κ3) is 4.69. The summed E-state index contributed by atoms with van der Waals surface area (Å²) in [6, 6.07) is 66.2. The molecule has 0 bridgehead atoms. The van der Waals surface area contributed by atoms with Gasteiger partial charge in [0, 0.05) is 55.0 Å². The molecule has 3 aromatic heterocycles. The first-order chi connectivity index (χ1) is 26.8. The van der Waals surface area contributed by atoms with E-state index in [2.05, 4.69) is 137 Å². The Hall–Kier alpha value is -7.37. The summed E-state index contributed by atoms with van der Waals surface area (Å²) < 4.78 is 4.80. The van der Waals surface area contributed by atoms with Gasteiger partial charge in [-0.25, -0.2) is 15.0 Å². The van der Waals surface area contributed by atoms with Crippen LogP contribution in [0.4, 0.5) is 0 Å². The number of aromatic nitrogens is 5. The van der Waals surface area contributed by atoms with E-state index in [9.17, 15) is 0 Å². The molecule has 0 amide bonds. The topological polar surface area (TPSA) is 48.5 Å². The Bertz CT molecular complexity index is 3140. The van der Waals surface area contributed by atoms with Crippen molar-refractivity contribution in [3.63, 3.8) is 0 Å². The summed E-state index contributed by atoms with van der Waals surface area (Å²) in [6.07, 6.45) is 0. The van der Waals surface area contributed by atoms with Crippen LogP contribution in [0.2, 0.25) is 0 Å². The Morgan fingerprint density at radius 1 is 0.296 bits per heavy atom. The van der Waals surface area contributed by atoms with E-state index in [1.54, 1.807) is 0 Å². The van der Waals surface area contributed by atoms with Crippen molar-refractivity contribution in [2.24, 2.45) is 0 Å². The average Bonchev–Trinajstić information content (AvgIpc) is 3.78. The number of nitrogens with zero attached hydrogens (tertiary/aromatic N) is 5. The normalized spacial score (nSPS) is 11.7. The van der Waals surface area contributed by atoms with Crippen molar-refractivity contribution in [1.29, 1.82) is 0 Å². The molecule has 3 heterocycles. The second-order valence-electron chi connectivity index (χ2n) is 13.6. The molecule has 8 aromatic carbocycles. The first-order valence-corrected chi connectivity index (χ1v) is 18.2. The van der Waals surface area contributed by atoms with Gasteiger partial charge < -0.3 is 9.13 Å². The molecule has 0 fully saturated rings. The minimum absolute atomic E-state index is 0.630. The Balaban J connectivity index is 1.17. The lowest BCUT2D eigenvalue weighted by molar-refractivity contribution is 1.07. The Labute approximate surface area is 311 Å². The van der Waals surface area contributed by atoms with Crippen molar-refractivity contribution in [3.05, 3.63) is 188 Å². The van der Waals surface area contributed by atoms with Gasteiger partial charge in [-0.3, -0.25) is 0 Å². The first-order valence-electron chi connectivity index (χ1n) is 18.2. The largest absolute Gasteiger partial charge is 0.309 e. The smallest absolute Gasteiger partial charge is 0.164 e. The minimum Gasteiger partial charge on any atom is -0.309 e. The van der Waals surface area contributed by atoms with E-state index in [4.69, 9.17) is 15.0 Å². The van der Waals surface area contributed by atoms with Crippen LogP contribution in [0.25, 0.3) is 99.9 Å². The fraction of sp³-hybridized carbons (Fsp3) is 0. The highest BCUT2D eigenvalue weighted by Crippen LogP contribution is 2.42. The maximum absolute atomic E-state index is 5.05. The average molecular weight is 690 g/mol. The van der Waals surface area contributed by atoms with E-state index >= 15 is 0 Å². The second kappa shape index (κ2) is 12.1. The first kappa shape index (κ1) is 30.3. The van der Waals surface area contributed by atoms with Crippen LogP contribution in [0.1, 0.15) is 0 Å². The van der Waals surface area contributed by atoms with Gasteiger partial charge in [-0.15, -0.1) is 0 Å². The van der Waals surface area contributed by atoms with E-state index in [1.165, 1.54) is 48.9 Å². The highest BCUT2D eigenvalue weighted by Gasteiger charge is 2.20. The van der Waals surface area contributed by atoms with Crippen LogP contribution in [-0.4, -0.2) is 24.1 Å². The van der Waals surface area contributed by atoms with Gasteiger partial charge >= 0.3 is 0 Å². The number of hydrogen-bond acceptors (Lipinski definition) is 3. The highest BCUT2D eigenvalue weighted by molar-refractivity contribution is 6.28. The van der Waals surface area contributed by atoms with E-state index in [0.29, 0.717) is 17.5 Å². The van der Waals surface area contributed by atoms with Crippen LogP contribution in [0.3, 0.4) is 0 Å². The van der Waals surface area contributed by atoms with Gasteiger partial charge in [0.15, 0.2) is 17.5 Å². The molecule has 11 aromatic rings. The van der Waals surface area contributed by atoms with Crippen LogP contribution in [0.15, 0.2) is 188 Å². The van der Waals surface area contributed by atoms with Gasteiger partial charge in [-0.2, -0.15) is 0 Å². The van der Waals surface area contributed by atoms with Crippen LogP contribution in [0.5, 0.6) is 0 Å². The maximum Gasteiger partial charge on any atom is 0.164 e. The van der Waals surface area contributed by atoms with Crippen LogP contribution in [-0.2, 0) is 0 Å². The summed E-state index contributed by atoms with van der Waals surface area (Å²) in [5, 5.41) is 7.35. The van der Waals surface area contributed by atoms with E-state index in [1.807, 2.05) is 60.7 Å². The van der Waals surface area contributed by atoms with Crippen LogP contribution >= 0.6 is 0 Å². The molecular weight excluding hydrogens is 659 g/mol. The molecular formula is C49H31N5. The summed E-state index contributed by atoms with van der Waals surface area (Å²) in [5.41, 5.74) is 9.72. The van der Waals surface area contributed by atoms with Crippen LogP contribution < -0.4 is 0 Å². The summed E-state index contributed by atoms with van der Waals surface area (Å²) in [5.74, 6) is 1.92. The van der Waals surface area contributed by atoms with Crippen molar-refractivity contribution in [1.82, 2.24) is 24.1 Å². The minimum atomic E-state index is 0.630. The zero-order valence-electron chi connectivity index (χ0n) is 29.1. The Morgan fingerprint density at radius 2 is 0.778 bits per heavy atom. The van der Waals surface area contributed by atoms with E-state index in [0.717, 1.165) is 33.6 Å². The number of hydrogen-bond donors (Lipinski definition) is 0. The fourth-order valence-corrected chi connectivity index (χ4v) is 8.18. The fourth-order valence-electron chi connectivity index (χ4n) is 8.18. The molecule has 0 saturated heterocycles. The van der Waals surface area contributed by atoms with Crippen molar-refractivity contribution >= 4 is 54.4 Å². The van der Waals surface area contributed by atoms with Crippen LogP contribution in [0, 0.1) is 0 Å². The quantitative estimate of drug-likeness (QED) is 0.181. The third-order valence-electron chi connectivity index (χ3n) is 10.5. The number of para-hydroxylation sites is 3.